The summed E-state index contributed by atoms with van der Waals surface area (Å²) in [4.78, 5) is 12.1. The lowest BCUT2D eigenvalue weighted by atomic mass is 9.82. The van der Waals surface area contributed by atoms with E-state index in [1.54, 1.807) is 0 Å². The molecular weight excluding hydrogens is 252 g/mol. The summed E-state index contributed by atoms with van der Waals surface area (Å²) in [6, 6.07) is 9.38. The van der Waals surface area contributed by atoms with Gasteiger partial charge in [0.05, 0.1) is 6.04 Å². The highest BCUT2D eigenvalue weighted by molar-refractivity contribution is 5.81. The van der Waals surface area contributed by atoms with E-state index < -0.39 is 6.04 Å². The van der Waals surface area contributed by atoms with E-state index in [0.29, 0.717) is 13.0 Å². The van der Waals surface area contributed by atoms with Gasteiger partial charge in [-0.1, -0.05) is 37.3 Å². The van der Waals surface area contributed by atoms with Crippen molar-refractivity contribution in [1.82, 2.24) is 5.32 Å². The van der Waals surface area contributed by atoms with Gasteiger partial charge in [-0.05, 0) is 30.2 Å². The molecule has 1 heterocycles. The lowest BCUT2D eigenvalue weighted by Gasteiger charge is -2.33. The Labute approximate surface area is 120 Å². The number of amides is 1. The first-order valence-electron chi connectivity index (χ1n) is 7.24. The van der Waals surface area contributed by atoms with Crippen LogP contribution in [0.2, 0.25) is 0 Å². The molecule has 1 saturated heterocycles. The van der Waals surface area contributed by atoms with Gasteiger partial charge in [-0.2, -0.15) is 0 Å². The van der Waals surface area contributed by atoms with Gasteiger partial charge in [-0.15, -0.1) is 0 Å². The Kier molecular flexibility index (Phi) is 5.15. The topological polar surface area (TPSA) is 64.4 Å². The predicted octanol–water partition coefficient (Wildman–Crippen LogP) is 1.49. The maximum Gasteiger partial charge on any atom is 0.237 e. The fourth-order valence-electron chi connectivity index (χ4n) is 2.43. The molecule has 0 saturated carbocycles. The maximum absolute atomic E-state index is 12.1. The molecule has 0 bridgehead atoms. The van der Waals surface area contributed by atoms with E-state index in [1.807, 2.05) is 30.3 Å². The van der Waals surface area contributed by atoms with E-state index in [0.717, 1.165) is 31.6 Å². The molecule has 4 nitrogen and oxygen atoms in total. The van der Waals surface area contributed by atoms with Crippen LogP contribution >= 0.6 is 0 Å². The van der Waals surface area contributed by atoms with E-state index in [1.165, 1.54) is 0 Å². The van der Waals surface area contributed by atoms with Crippen LogP contribution in [0, 0.1) is 5.41 Å². The molecule has 1 aromatic rings. The van der Waals surface area contributed by atoms with Crippen molar-refractivity contribution < 1.29 is 9.53 Å². The molecule has 1 amide bonds. The molecule has 0 spiro atoms. The largest absolute Gasteiger partial charge is 0.381 e. The minimum Gasteiger partial charge on any atom is -0.381 e. The van der Waals surface area contributed by atoms with Gasteiger partial charge in [-0.25, -0.2) is 0 Å². The van der Waals surface area contributed by atoms with Gasteiger partial charge >= 0.3 is 0 Å². The molecule has 0 aliphatic carbocycles. The summed E-state index contributed by atoms with van der Waals surface area (Å²) in [6.45, 7) is 4.43. The molecule has 2 rings (SSSR count). The number of benzene rings is 1. The van der Waals surface area contributed by atoms with Gasteiger partial charge < -0.3 is 15.8 Å². The number of carbonyl (C=O) groups is 1. The second kappa shape index (κ2) is 6.86. The monoisotopic (exact) mass is 276 g/mol. The minimum atomic E-state index is -0.485. The van der Waals surface area contributed by atoms with Crippen molar-refractivity contribution in [3.63, 3.8) is 0 Å². The first-order chi connectivity index (χ1) is 9.59. The van der Waals surface area contributed by atoms with E-state index in [2.05, 4.69) is 12.2 Å². The van der Waals surface area contributed by atoms with E-state index in [-0.39, 0.29) is 11.3 Å². The Balaban J connectivity index is 1.79. The van der Waals surface area contributed by atoms with Gasteiger partial charge in [-0.3, -0.25) is 4.79 Å². The molecule has 110 valence electrons. The average Bonchev–Trinajstić information content (AvgIpc) is 2.46. The van der Waals surface area contributed by atoms with Crippen molar-refractivity contribution in [2.24, 2.45) is 11.1 Å². The molecule has 1 aromatic carbocycles. The zero-order valence-electron chi connectivity index (χ0n) is 12.1. The summed E-state index contributed by atoms with van der Waals surface area (Å²) < 4.78 is 5.36. The van der Waals surface area contributed by atoms with Crippen molar-refractivity contribution in [1.29, 1.82) is 0 Å². The molecule has 1 aliphatic heterocycles. The zero-order valence-corrected chi connectivity index (χ0v) is 12.1. The molecule has 1 atom stereocenters. The highest BCUT2D eigenvalue weighted by atomic mass is 16.5. The van der Waals surface area contributed by atoms with Gasteiger partial charge in [0.15, 0.2) is 0 Å². The van der Waals surface area contributed by atoms with Crippen LogP contribution in [-0.4, -0.2) is 31.7 Å². The summed E-state index contributed by atoms with van der Waals surface area (Å²) in [5.74, 6) is -0.0680. The highest BCUT2D eigenvalue weighted by Crippen LogP contribution is 2.28. The van der Waals surface area contributed by atoms with Gasteiger partial charge in [0.1, 0.15) is 0 Å². The predicted molar refractivity (Wildman–Crippen MR) is 79.3 cm³/mol. The number of hydrogen-bond donors (Lipinski definition) is 2. The van der Waals surface area contributed by atoms with Crippen LogP contribution < -0.4 is 11.1 Å². The van der Waals surface area contributed by atoms with Crippen molar-refractivity contribution >= 4 is 5.91 Å². The Morgan fingerprint density at radius 2 is 2.00 bits per heavy atom. The van der Waals surface area contributed by atoms with Crippen LogP contribution in [-0.2, 0) is 16.0 Å². The zero-order chi connectivity index (χ0) is 14.4. The second-order valence-electron chi connectivity index (χ2n) is 5.94. The first kappa shape index (κ1) is 15.0. The maximum atomic E-state index is 12.1. The average molecular weight is 276 g/mol. The molecule has 0 unspecified atom stereocenters. The normalized spacial score (nSPS) is 19.3. The lowest BCUT2D eigenvalue weighted by molar-refractivity contribution is -0.123. The first-order valence-corrected chi connectivity index (χ1v) is 7.24. The molecule has 20 heavy (non-hydrogen) atoms. The van der Waals surface area contributed by atoms with E-state index in [4.69, 9.17) is 10.5 Å². The number of nitrogens with one attached hydrogen (secondary N) is 1. The number of hydrogen-bond acceptors (Lipinski definition) is 3. The summed E-state index contributed by atoms with van der Waals surface area (Å²) >= 11 is 0. The van der Waals surface area contributed by atoms with Crippen LogP contribution in [0.25, 0.3) is 0 Å². The summed E-state index contributed by atoms with van der Waals surface area (Å²) in [5, 5.41) is 2.99. The standard InChI is InChI=1S/C16H24N2O2/c1-16(7-9-20-10-8-16)12-18-15(19)14(17)11-13-5-3-2-4-6-13/h2-6,14H,7-12,17H2,1H3,(H,18,19)/t14-/m1/s1. The van der Waals surface area contributed by atoms with Crippen LogP contribution in [0.5, 0.6) is 0 Å². The number of nitrogens with two attached hydrogens (primary N) is 1. The fraction of sp³-hybridized carbons (Fsp3) is 0.562. The van der Waals surface area contributed by atoms with Crippen molar-refractivity contribution in [2.45, 2.75) is 32.2 Å². The molecule has 0 aromatic heterocycles. The van der Waals surface area contributed by atoms with Crippen LogP contribution in [0.15, 0.2) is 30.3 Å². The van der Waals surface area contributed by atoms with Gasteiger partial charge in [0.25, 0.3) is 0 Å². The summed E-state index contributed by atoms with van der Waals surface area (Å²) in [5.41, 5.74) is 7.20. The van der Waals surface area contributed by atoms with Gasteiger partial charge in [0, 0.05) is 19.8 Å². The number of rotatable bonds is 5. The minimum absolute atomic E-state index is 0.0680. The van der Waals surface area contributed by atoms with Gasteiger partial charge in [0.2, 0.25) is 5.91 Å². The Morgan fingerprint density at radius 1 is 1.35 bits per heavy atom. The smallest absolute Gasteiger partial charge is 0.237 e. The van der Waals surface area contributed by atoms with E-state index in [9.17, 15) is 4.79 Å². The third kappa shape index (κ3) is 4.32. The highest BCUT2D eigenvalue weighted by Gasteiger charge is 2.28. The number of ether oxygens (including phenoxy) is 1. The molecule has 3 N–H and O–H groups in total. The van der Waals surface area contributed by atoms with Crippen molar-refractivity contribution in [3.8, 4) is 0 Å². The SMILES string of the molecule is CC1(CNC(=O)[C@H](N)Cc2ccccc2)CCOCC1. The molecule has 4 heteroatoms. The third-order valence-electron chi connectivity index (χ3n) is 4.02. The Morgan fingerprint density at radius 3 is 2.65 bits per heavy atom. The van der Waals surface area contributed by atoms with Crippen LogP contribution in [0.3, 0.4) is 0 Å². The summed E-state index contributed by atoms with van der Waals surface area (Å²) in [7, 11) is 0. The van der Waals surface area contributed by atoms with Crippen molar-refractivity contribution in [3.05, 3.63) is 35.9 Å². The second-order valence-corrected chi connectivity index (χ2v) is 5.94. The van der Waals surface area contributed by atoms with E-state index >= 15 is 0 Å². The third-order valence-corrected chi connectivity index (χ3v) is 4.02. The molecular formula is C16H24N2O2. The Hall–Kier alpha value is -1.39. The van der Waals surface area contributed by atoms with Crippen molar-refractivity contribution in [2.75, 3.05) is 19.8 Å². The number of carbonyl (C=O) groups excluding carboxylic acids is 1. The fourth-order valence-corrected chi connectivity index (χ4v) is 2.43. The Bertz CT molecular complexity index is 427. The molecule has 0 radical (unpaired) electrons. The van der Waals surface area contributed by atoms with Crippen LogP contribution in [0.1, 0.15) is 25.3 Å². The quantitative estimate of drug-likeness (QED) is 0.856. The molecule has 1 fully saturated rings. The lowest BCUT2D eigenvalue weighted by Crippen LogP contribution is -2.46. The van der Waals surface area contributed by atoms with Crippen LogP contribution in [0.4, 0.5) is 0 Å². The summed E-state index contributed by atoms with van der Waals surface area (Å²) in [6.07, 6.45) is 2.55. The molecule has 1 aliphatic rings.